The fourth-order valence-electron chi connectivity index (χ4n) is 2.93. The smallest absolute Gasteiger partial charge is 0.311 e. The molecule has 0 radical (unpaired) electrons. The van der Waals surface area contributed by atoms with Crippen molar-refractivity contribution in [2.45, 2.75) is 25.7 Å². The predicted molar refractivity (Wildman–Crippen MR) is 66.9 cm³/mol. The average Bonchev–Trinajstić information content (AvgIpc) is 3.28. The zero-order valence-electron chi connectivity index (χ0n) is 10.7. The Morgan fingerprint density at radius 2 is 1.89 bits per heavy atom. The second-order valence-electron chi connectivity index (χ2n) is 5.86. The second kappa shape index (κ2) is 4.53. The van der Waals surface area contributed by atoms with E-state index in [0.717, 1.165) is 19.0 Å². The van der Waals surface area contributed by atoms with E-state index in [2.05, 4.69) is 10.6 Å². The fraction of sp³-hybridized carbons (Fsp3) is 0.846. The van der Waals surface area contributed by atoms with E-state index in [9.17, 15) is 9.59 Å². The van der Waals surface area contributed by atoms with Crippen LogP contribution in [0.15, 0.2) is 0 Å². The van der Waals surface area contributed by atoms with Crippen molar-refractivity contribution in [3.05, 3.63) is 0 Å². The summed E-state index contributed by atoms with van der Waals surface area (Å²) >= 11 is 0. The molecule has 1 aliphatic heterocycles. The first kappa shape index (κ1) is 12.0. The van der Waals surface area contributed by atoms with Gasteiger partial charge in [-0.05, 0) is 37.0 Å². The van der Waals surface area contributed by atoms with Gasteiger partial charge in [0.05, 0.1) is 0 Å². The molecule has 1 heterocycles. The lowest BCUT2D eigenvalue weighted by Crippen LogP contribution is -2.51. The van der Waals surface area contributed by atoms with Crippen LogP contribution in [-0.4, -0.2) is 49.4 Å². The van der Waals surface area contributed by atoms with Crippen molar-refractivity contribution in [3.8, 4) is 0 Å². The molecule has 0 aromatic heterocycles. The highest BCUT2D eigenvalue weighted by molar-refractivity contribution is 6.35. The van der Waals surface area contributed by atoms with Gasteiger partial charge in [-0.25, -0.2) is 0 Å². The first-order valence-corrected chi connectivity index (χ1v) is 6.99. The van der Waals surface area contributed by atoms with E-state index in [1.807, 2.05) is 0 Å². The van der Waals surface area contributed by atoms with Crippen LogP contribution in [0.2, 0.25) is 0 Å². The highest BCUT2D eigenvalue weighted by Gasteiger charge is 2.53. The van der Waals surface area contributed by atoms with Crippen molar-refractivity contribution in [1.82, 2.24) is 15.5 Å². The quantitative estimate of drug-likeness (QED) is 0.679. The van der Waals surface area contributed by atoms with Crippen molar-refractivity contribution < 1.29 is 9.59 Å². The van der Waals surface area contributed by atoms with Gasteiger partial charge in [0, 0.05) is 32.7 Å². The Morgan fingerprint density at radius 3 is 2.44 bits per heavy atom. The average molecular weight is 251 g/mol. The van der Waals surface area contributed by atoms with E-state index in [1.54, 1.807) is 4.90 Å². The van der Waals surface area contributed by atoms with Gasteiger partial charge in [0.2, 0.25) is 0 Å². The van der Waals surface area contributed by atoms with E-state index in [0.29, 0.717) is 25.0 Å². The summed E-state index contributed by atoms with van der Waals surface area (Å²) in [4.78, 5) is 25.4. The predicted octanol–water partition coefficient (Wildman–Crippen LogP) is -0.275. The molecular weight excluding hydrogens is 230 g/mol. The molecule has 0 atom stereocenters. The largest absolute Gasteiger partial charge is 0.347 e. The molecular formula is C13H21N3O2. The lowest BCUT2D eigenvalue weighted by molar-refractivity contribution is -0.146. The number of piperazine rings is 1. The van der Waals surface area contributed by atoms with Gasteiger partial charge in [-0.15, -0.1) is 0 Å². The summed E-state index contributed by atoms with van der Waals surface area (Å²) in [6, 6.07) is 0. The molecule has 1 saturated heterocycles. The molecule has 5 nitrogen and oxygen atoms in total. The molecule has 2 aliphatic carbocycles. The van der Waals surface area contributed by atoms with Gasteiger partial charge in [0.15, 0.2) is 0 Å². The van der Waals surface area contributed by atoms with Gasteiger partial charge in [0.25, 0.3) is 0 Å². The van der Waals surface area contributed by atoms with Crippen molar-refractivity contribution in [1.29, 1.82) is 0 Å². The number of carbonyl (C=O) groups excluding carboxylic acids is 2. The van der Waals surface area contributed by atoms with Gasteiger partial charge in [-0.1, -0.05) is 0 Å². The summed E-state index contributed by atoms with van der Waals surface area (Å²) in [6.45, 7) is 3.55. The molecule has 2 amide bonds. The number of nitrogens with zero attached hydrogens (tertiary/aromatic N) is 1. The fourth-order valence-corrected chi connectivity index (χ4v) is 2.93. The van der Waals surface area contributed by atoms with E-state index in [4.69, 9.17) is 0 Å². The Kier molecular flexibility index (Phi) is 3.01. The van der Waals surface area contributed by atoms with E-state index >= 15 is 0 Å². The number of hydrogen-bond acceptors (Lipinski definition) is 3. The van der Waals surface area contributed by atoms with Crippen LogP contribution in [0.3, 0.4) is 0 Å². The molecule has 0 bridgehead atoms. The highest BCUT2D eigenvalue weighted by atomic mass is 16.2. The number of carbonyl (C=O) groups is 2. The maximum atomic E-state index is 11.9. The summed E-state index contributed by atoms with van der Waals surface area (Å²) < 4.78 is 0. The molecule has 100 valence electrons. The molecule has 3 fully saturated rings. The standard InChI is InChI=1S/C13H21N3O2/c17-11(12(18)16-7-5-14-6-8-16)15-9-13(3-4-13)10-1-2-10/h10,14H,1-9H2,(H,15,17). The summed E-state index contributed by atoms with van der Waals surface area (Å²) in [5.74, 6) is 0.0408. The van der Waals surface area contributed by atoms with Crippen molar-refractivity contribution >= 4 is 11.8 Å². The lowest BCUT2D eigenvalue weighted by Gasteiger charge is -2.27. The summed E-state index contributed by atoms with van der Waals surface area (Å²) in [5.41, 5.74) is 0.361. The normalized spacial score (nSPS) is 25.7. The molecule has 2 saturated carbocycles. The zero-order valence-corrected chi connectivity index (χ0v) is 10.7. The molecule has 0 spiro atoms. The van der Waals surface area contributed by atoms with Crippen LogP contribution in [0.25, 0.3) is 0 Å². The van der Waals surface area contributed by atoms with Gasteiger partial charge in [-0.3, -0.25) is 9.59 Å². The molecule has 2 N–H and O–H groups in total. The van der Waals surface area contributed by atoms with Crippen molar-refractivity contribution in [3.63, 3.8) is 0 Å². The van der Waals surface area contributed by atoms with Gasteiger partial charge in [0.1, 0.15) is 0 Å². The molecule has 0 unspecified atom stereocenters. The third kappa shape index (κ3) is 2.36. The lowest BCUT2D eigenvalue weighted by atomic mass is 10.0. The van der Waals surface area contributed by atoms with E-state index < -0.39 is 5.91 Å². The minimum Gasteiger partial charge on any atom is -0.347 e. The van der Waals surface area contributed by atoms with E-state index in [-0.39, 0.29) is 5.91 Å². The second-order valence-corrected chi connectivity index (χ2v) is 5.86. The topological polar surface area (TPSA) is 61.4 Å². The molecule has 3 rings (SSSR count). The van der Waals surface area contributed by atoms with Crippen LogP contribution < -0.4 is 10.6 Å². The van der Waals surface area contributed by atoms with E-state index in [1.165, 1.54) is 25.7 Å². The SMILES string of the molecule is O=C(NCC1(C2CC2)CC1)C(=O)N1CCNCC1. The minimum atomic E-state index is -0.413. The zero-order chi connectivity index (χ0) is 12.6. The first-order chi connectivity index (χ1) is 8.71. The Bertz CT molecular complexity index is 355. The number of rotatable bonds is 3. The van der Waals surface area contributed by atoms with Crippen LogP contribution in [0.4, 0.5) is 0 Å². The summed E-state index contributed by atoms with van der Waals surface area (Å²) in [6.07, 6.45) is 5.06. The third-order valence-corrected chi connectivity index (χ3v) is 4.54. The Morgan fingerprint density at radius 1 is 1.22 bits per heavy atom. The molecule has 5 heteroatoms. The van der Waals surface area contributed by atoms with Gasteiger partial charge < -0.3 is 15.5 Å². The van der Waals surface area contributed by atoms with Gasteiger partial charge in [-0.2, -0.15) is 0 Å². The summed E-state index contributed by atoms with van der Waals surface area (Å²) in [5, 5.41) is 6.03. The molecule has 18 heavy (non-hydrogen) atoms. The van der Waals surface area contributed by atoms with Crippen molar-refractivity contribution in [2.75, 3.05) is 32.7 Å². The maximum Gasteiger partial charge on any atom is 0.311 e. The Labute approximate surface area is 107 Å². The Balaban J connectivity index is 1.47. The van der Waals surface area contributed by atoms with Crippen LogP contribution in [0.1, 0.15) is 25.7 Å². The molecule has 0 aromatic carbocycles. The monoisotopic (exact) mass is 251 g/mol. The van der Waals surface area contributed by atoms with Crippen LogP contribution in [-0.2, 0) is 9.59 Å². The molecule has 0 aromatic rings. The Hall–Kier alpha value is -1.10. The molecule has 3 aliphatic rings. The maximum absolute atomic E-state index is 11.9. The van der Waals surface area contributed by atoms with Gasteiger partial charge >= 0.3 is 11.8 Å². The first-order valence-electron chi connectivity index (χ1n) is 6.99. The minimum absolute atomic E-state index is 0.358. The van der Waals surface area contributed by atoms with Crippen LogP contribution in [0, 0.1) is 11.3 Å². The highest BCUT2D eigenvalue weighted by Crippen LogP contribution is 2.60. The summed E-state index contributed by atoms with van der Waals surface area (Å²) in [7, 11) is 0. The van der Waals surface area contributed by atoms with Crippen LogP contribution in [0.5, 0.6) is 0 Å². The van der Waals surface area contributed by atoms with Crippen LogP contribution >= 0.6 is 0 Å². The number of amides is 2. The number of nitrogens with one attached hydrogen (secondary N) is 2. The number of hydrogen-bond donors (Lipinski definition) is 2. The third-order valence-electron chi connectivity index (χ3n) is 4.54. The van der Waals surface area contributed by atoms with Crippen molar-refractivity contribution in [2.24, 2.45) is 11.3 Å².